The number of carboxylic acid groups (broad SMARTS) is 1. The van der Waals surface area contributed by atoms with E-state index in [0.717, 1.165) is 16.8 Å². The summed E-state index contributed by atoms with van der Waals surface area (Å²) in [5.41, 5.74) is -3.39. The third kappa shape index (κ3) is 8.46. The molecule has 5 rings (SSSR count). The highest BCUT2D eigenvalue weighted by Crippen LogP contribution is 2.40. The van der Waals surface area contributed by atoms with Gasteiger partial charge in [0.2, 0.25) is 5.91 Å². The Morgan fingerprint density at radius 2 is 1.34 bits per heavy atom. The van der Waals surface area contributed by atoms with Crippen LogP contribution < -0.4 is 14.9 Å². The van der Waals surface area contributed by atoms with Crippen molar-refractivity contribution in [3.05, 3.63) is 99.4 Å². The molecule has 284 valence electrons. The minimum Gasteiger partial charge on any atom is -0.530 e. The highest BCUT2D eigenvalue weighted by Gasteiger charge is 2.44. The lowest BCUT2D eigenvalue weighted by molar-refractivity contribution is -0.384. The van der Waals surface area contributed by atoms with Crippen molar-refractivity contribution in [3.8, 4) is 0 Å². The maximum Gasteiger partial charge on any atom is 0.416 e. The van der Waals surface area contributed by atoms with Gasteiger partial charge in [-0.25, -0.2) is 9.18 Å². The van der Waals surface area contributed by atoms with Crippen LogP contribution in [0.15, 0.2) is 66.7 Å². The molecule has 0 radical (unpaired) electrons. The predicted octanol–water partition coefficient (Wildman–Crippen LogP) is 6.66. The van der Waals surface area contributed by atoms with Crippen molar-refractivity contribution < 1.29 is 55.1 Å². The molecule has 1 heterocycles. The molecule has 0 spiro atoms. The minimum absolute atomic E-state index is 0.0458. The van der Waals surface area contributed by atoms with Crippen molar-refractivity contribution >= 4 is 35.1 Å². The molecular formula is C35H33F7N5O6-. The standard InChI is InChI=1S/C35H34F7N5O6/c1-43(28-16-22(34(37,38)39)15-23(17-28)35(40,41)42)32(49)44(2)30-19-45(18-29(30)20-3-7-24(36)8-4-20)31(48)21-5-9-25(10-6-21)46(33(50)51)26-11-13-27(14-12-26)47(52)53/h3-4,7-8,11-17,21,25,29-30H,5-6,9-10,18-19H2,1-2H3,(H,50,51)/p-1/t21?,25?,29-,30+/m0/s1. The number of non-ortho nitro benzene ring substituents is 1. The monoisotopic (exact) mass is 752 g/mol. The van der Waals surface area contributed by atoms with E-state index in [9.17, 15) is 60.3 Å². The number of amides is 4. The second-order valence-electron chi connectivity index (χ2n) is 13.1. The Morgan fingerprint density at radius 3 is 1.83 bits per heavy atom. The van der Waals surface area contributed by atoms with Gasteiger partial charge in [0, 0.05) is 68.6 Å². The fourth-order valence-electron chi connectivity index (χ4n) is 7.06. The molecule has 1 aliphatic carbocycles. The van der Waals surface area contributed by atoms with E-state index in [-0.39, 0.29) is 62.1 Å². The predicted molar refractivity (Wildman–Crippen MR) is 174 cm³/mol. The third-order valence-electron chi connectivity index (χ3n) is 9.89. The summed E-state index contributed by atoms with van der Waals surface area (Å²) in [6.45, 7) is -0.0205. The van der Waals surface area contributed by atoms with E-state index in [1.165, 1.54) is 60.5 Å². The number of halogens is 7. The van der Waals surface area contributed by atoms with Gasteiger partial charge < -0.3 is 24.6 Å². The quantitative estimate of drug-likeness (QED) is 0.151. The summed E-state index contributed by atoms with van der Waals surface area (Å²) >= 11 is 0. The summed E-state index contributed by atoms with van der Waals surface area (Å²) in [5, 5.41) is 23.1. The number of likely N-dealkylation sites (N-methyl/N-ethyl adjacent to an activating group) is 1. The Labute approximate surface area is 298 Å². The van der Waals surface area contributed by atoms with Crippen molar-refractivity contribution in [3.63, 3.8) is 0 Å². The number of urea groups is 1. The number of nitro benzene ring substituents is 1. The Balaban J connectivity index is 1.34. The van der Waals surface area contributed by atoms with E-state index < -0.39 is 76.0 Å². The Bertz CT molecular complexity index is 1820. The molecule has 53 heavy (non-hydrogen) atoms. The van der Waals surface area contributed by atoms with Gasteiger partial charge in [-0.2, -0.15) is 26.3 Å². The fraction of sp³-hybridized carbons (Fsp3) is 0.400. The van der Waals surface area contributed by atoms with Crippen LogP contribution >= 0.6 is 0 Å². The molecule has 3 aromatic carbocycles. The summed E-state index contributed by atoms with van der Waals surface area (Å²) in [5.74, 6) is -2.05. The van der Waals surface area contributed by atoms with E-state index in [0.29, 0.717) is 22.6 Å². The van der Waals surface area contributed by atoms with E-state index >= 15 is 0 Å². The molecule has 0 bridgehead atoms. The van der Waals surface area contributed by atoms with Gasteiger partial charge in [0.1, 0.15) is 11.9 Å². The molecule has 18 heteroatoms. The number of hydrogen-bond acceptors (Lipinski definition) is 6. The molecular weight excluding hydrogens is 719 g/mol. The molecule has 1 saturated heterocycles. The van der Waals surface area contributed by atoms with Gasteiger partial charge in [-0.1, -0.05) is 12.1 Å². The second-order valence-corrected chi connectivity index (χ2v) is 13.1. The highest BCUT2D eigenvalue weighted by atomic mass is 19.4. The number of benzene rings is 3. The number of likely N-dealkylation sites (tertiary alicyclic amines) is 1. The highest BCUT2D eigenvalue weighted by molar-refractivity contribution is 5.92. The zero-order valence-electron chi connectivity index (χ0n) is 28.2. The average Bonchev–Trinajstić information content (AvgIpc) is 3.56. The SMILES string of the molecule is CN(C(=O)N(C)[C@@H]1CN(C(=O)C2CCC(N(C(=O)[O-])c3ccc([N+](=O)[O-])cc3)CC2)C[C@H]1c1ccc(F)cc1)c1cc(C(F)(F)F)cc(C(F)(F)F)c1. The molecule has 0 aromatic heterocycles. The molecule has 2 atom stereocenters. The lowest BCUT2D eigenvalue weighted by atomic mass is 9.84. The molecule has 0 N–H and O–H groups in total. The van der Waals surface area contributed by atoms with Gasteiger partial charge in [0.15, 0.2) is 0 Å². The number of alkyl halides is 6. The molecule has 2 aliphatic rings. The van der Waals surface area contributed by atoms with E-state index in [2.05, 4.69) is 0 Å². The Morgan fingerprint density at radius 1 is 0.792 bits per heavy atom. The number of carbonyl (C=O) groups is 3. The average molecular weight is 753 g/mol. The summed E-state index contributed by atoms with van der Waals surface area (Å²) < 4.78 is 95.2. The third-order valence-corrected chi connectivity index (χ3v) is 9.89. The van der Waals surface area contributed by atoms with Crippen molar-refractivity contribution in [2.75, 3.05) is 37.0 Å². The van der Waals surface area contributed by atoms with Crippen LogP contribution in [0.5, 0.6) is 0 Å². The fourth-order valence-corrected chi connectivity index (χ4v) is 7.06. The summed E-state index contributed by atoms with van der Waals surface area (Å²) in [6.07, 6.45) is -10.8. The first kappa shape index (κ1) is 38.8. The topological polar surface area (TPSA) is 130 Å². The number of rotatable bonds is 7. The van der Waals surface area contributed by atoms with Crippen LogP contribution in [-0.2, 0) is 17.1 Å². The van der Waals surface area contributed by atoms with Crippen LogP contribution in [0.4, 0.5) is 57.4 Å². The van der Waals surface area contributed by atoms with E-state index in [4.69, 9.17) is 0 Å². The lowest BCUT2D eigenvalue weighted by Crippen LogP contribution is -2.50. The molecule has 2 fully saturated rings. The molecule has 1 aliphatic heterocycles. The normalized spacial score (nSPS) is 20.5. The van der Waals surface area contributed by atoms with Gasteiger partial charge >= 0.3 is 18.4 Å². The molecule has 11 nitrogen and oxygen atoms in total. The van der Waals surface area contributed by atoms with Gasteiger partial charge in [-0.05, 0) is 73.7 Å². The van der Waals surface area contributed by atoms with Gasteiger partial charge in [-0.15, -0.1) is 0 Å². The molecule has 1 saturated carbocycles. The molecule has 3 aromatic rings. The first-order valence-corrected chi connectivity index (χ1v) is 16.3. The summed E-state index contributed by atoms with van der Waals surface area (Å²) in [6, 6.07) is 8.65. The zero-order chi connectivity index (χ0) is 39.0. The lowest BCUT2D eigenvalue weighted by Gasteiger charge is -2.38. The first-order chi connectivity index (χ1) is 24.8. The van der Waals surface area contributed by atoms with Crippen molar-refractivity contribution in [2.24, 2.45) is 5.92 Å². The van der Waals surface area contributed by atoms with Crippen molar-refractivity contribution in [2.45, 2.75) is 56.0 Å². The van der Waals surface area contributed by atoms with Crippen molar-refractivity contribution in [1.82, 2.24) is 9.80 Å². The number of carbonyl (C=O) groups excluding carboxylic acids is 3. The summed E-state index contributed by atoms with van der Waals surface area (Å²) in [4.78, 5) is 54.4. The molecule has 0 unspecified atom stereocenters. The number of nitro groups is 1. The van der Waals surface area contributed by atoms with Crippen LogP contribution in [0.2, 0.25) is 0 Å². The first-order valence-electron chi connectivity index (χ1n) is 16.3. The van der Waals surface area contributed by atoms with Crippen LogP contribution in [0.25, 0.3) is 0 Å². The van der Waals surface area contributed by atoms with Gasteiger partial charge in [0.25, 0.3) is 5.69 Å². The number of anilines is 2. The second kappa shape index (κ2) is 14.9. The van der Waals surface area contributed by atoms with Crippen LogP contribution in [0, 0.1) is 21.8 Å². The Kier molecular flexibility index (Phi) is 10.9. The Hall–Kier alpha value is -5.42. The van der Waals surface area contributed by atoms with Gasteiger partial charge in [-0.3, -0.25) is 19.8 Å². The maximum atomic E-state index is 13.9. The molecule has 4 amide bonds. The van der Waals surface area contributed by atoms with Crippen LogP contribution in [0.1, 0.15) is 48.3 Å². The smallest absolute Gasteiger partial charge is 0.416 e. The van der Waals surface area contributed by atoms with E-state index in [1.54, 1.807) is 0 Å². The minimum atomic E-state index is -5.14. The summed E-state index contributed by atoms with van der Waals surface area (Å²) in [7, 11) is 2.34. The van der Waals surface area contributed by atoms with Crippen molar-refractivity contribution in [1.29, 1.82) is 0 Å². The largest absolute Gasteiger partial charge is 0.530 e. The number of nitrogens with zero attached hydrogens (tertiary/aromatic N) is 5. The zero-order valence-corrected chi connectivity index (χ0v) is 28.2. The number of hydrogen-bond donors (Lipinski definition) is 0. The van der Waals surface area contributed by atoms with Crippen LogP contribution in [-0.4, -0.2) is 72.0 Å². The van der Waals surface area contributed by atoms with Gasteiger partial charge in [0.05, 0.1) is 22.1 Å². The van der Waals surface area contributed by atoms with E-state index in [1.807, 2.05) is 0 Å². The van der Waals surface area contributed by atoms with Crippen LogP contribution in [0.3, 0.4) is 0 Å². The maximum absolute atomic E-state index is 13.9.